The lowest BCUT2D eigenvalue weighted by Gasteiger charge is -2.55. The van der Waals surface area contributed by atoms with E-state index >= 15 is 0 Å². The Bertz CT molecular complexity index is 320. The SMILES string of the molecule is CC12CCC(C1)C(C)(C)C2(O)C1CCCCCC1. The molecule has 3 aliphatic carbocycles. The van der Waals surface area contributed by atoms with Crippen LogP contribution in [0.15, 0.2) is 0 Å². The molecular weight excluding hydrogens is 220 g/mol. The molecule has 104 valence electrons. The minimum Gasteiger partial charge on any atom is -0.388 e. The van der Waals surface area contributed by atoms with Gasteiger partial charge in [-0.1, -0.05) is 46.5 Å². The summed E-state index contributed by atoms with van der Waals surface area (Å²) >= 11 is 0. The van der Waals surface area contributed by atoms with Crippen molar-refractivity contribution in [2.75, 3.05) is 0 Å². The average molecular weight is 250 g/mol. The van der Waals surface area contributed by atoms with E-state index in [1.54, 1.807) is 0 Å². The minimum absolute atomic E-state index is 0.134. The van der Waals surface area contributed by atoms with E-state index in [1.165, 1.54) is 57.8 Å². The van der Waals surface area contributed by atoms with Crippen LogP contribution in [0.2, 0.25) is 0 Å². The summed E-state index contributed by atoms with van der Waals surface area (Å²) in [4.78, 5) is 0. The first kappa shape index (κ1) is 13.0. The maximum absolute atomic E-state index is 11.7. The fourth-order valence-corrected chi connectivity index (χ4v) is 6.01. The summed E-state index contributed by atoms with van der Waals surface area (Å²) in [7, 11) is 0. The molecule has 0 radical (unpaired) electrons. The third kappa shape index (κ3) is 1.43. The van der Waals surface area contributed by atoms with E-state index in [2.05, 4.69) is 20.8 Å². The van der Waals surface area contributed by atoms with Crippen molar-refractivity contribution in [2.45, 2.75) is 84.2 Å². The largest absolute Gasteiger partial charge is 0.388 e. The van der Waals surface area contributed by atoms with Crippen LogP contribution in [0.5, 0.6) is 0 Å². The zero-order chi connectivity index (χ0) is 13.0. The van der Waals surface area contributed by atoms with Crippen LogP contribution < -0.4 is 0 Å². The third-order valence-corrected chi connectivity index (χ3v) is 7.11. The van der Waals surface area contributed by atoms with Gasteiger partial charge in [-0.15, -0.1) is 0 Å². The van der Waals surface area contributed by atoms with E-state index in [0.29, 0.717) is 5.92 Å². The van der Waals surface area contributed by atoms with Crippen molar-refractivity contribution < 1.29 is 5.11 Å². The Hall–Kier alpha value is -0.0400. The molecule has 0 amide bonds. The monoisotopic (exact) mass is 250 g/mol. The van der Waals surface area contributed by atoms with Gasteiger partial charge in [0.1, 0.15) is 0 Å². The number of aliphatic hydroxyl groups is 1. The number of rotatable bonds is 1. The summed E-state index contributed by atoms with van der Waals surface area (Å²) < 4.78 is 0. The smallest absolute Gasteiger partial charge is 0.0782 e. The van der Waals surface area contributed by atoms with Gasteiger partial charge >= 0.3 is 0 Å². The van der Waals surface area contributed by atoms with Gasteiger partial charge in [-0.3, -0.25) is 0 Å². The van der Waals surface area contributed by atoms with Crippen LogP contribution in [0, 0.1) is 22.7 Å². The van der Waals surface area contributed by atoms with Gasteiger partial charge in [0.15, 0.2) is 0 Å². The summed E-state index contributed by atoms with van der Waals surface area (Å²) in [6, 6.07) is 0. The maximum Gasteiger partial charge on any atom is 0.0782 e. The van der Waals surface area contributed by atoms with Crippen molar-refractivity contribution in [3.05, 3.63) is 0 Å². The van der Waals surface area contributed by atoms with Crippen molar-refractivity contribution in [1.82, 2.24) is 0 Å². The summed E-state index contributed by atoms with van der Waals surface area (Å²) in [5, 5.41) is 11.7. The molecule has 3 saturated carbocycles. The molecule has 0 heterocycles. The van der Waals surface area contributed by atoms with Crippen LogP contribution in [0.25, 0.3) is 0 Å². The Labute approximate surface area is 112 Å². The van der Waals surface area contributed by atoms with Crippen molar-refractivity contribution in [3.8, 4) is 0 Å². The fraction of sp³-hybridized carbons (Fsp3) is 1.00. The Balaban J connectivity index is 1.96. The van der Waals surface area contributed by atoms with E-state index in [1.807, 2.05) is 0 Å². The molecule has 0 saturated heterocycles. The zero-order valence-electron chi connectivity index (χ0n) is 12.5. The van der Waals surface area contributed by atoms with E-state index in [9.17, 15) is 5.11 Å². The van der Waals surface area contributed by atoms with Crippen LogP contribution >= 0.6 is 0 Å². The van der Waals surface area contributed by atoms with Gasteiger partial charge in [-0.2, -0.15) is 0 Å². The maximum atomic E-state index is 11.7. The lowest BCUT2D eigenvalue weighted by molar-refractivity contribution is -0.183. The van der Waals surface area contributed by atoms with Gasteiger partial charge in [0.2, 0.25) is 0 Å². The van der Waals surface area contributed by atoms with Crippen molar-refractivity contribution in [3.63, 3.8) is 0 Å². The molecule has 2 bridgehead atoms. The van der Waals surface area contributed by atoms with Crippen LogP contribution in [-0.2, 0) is 0 Å². The highest BCUT2D eigenvalue weighted by atomic mass is 16.3. The average Bonchev–Trinajstić information content (AvgIpc) is 2.65. The Morgan fingerprint density at radius 3 is 1.94 bits per heavy atom. The molecule has 0 aliphatic heterocycles. The van der Waals surface area contributed by atoms with Gasteiger partial charge in [0.05, 0.1) is 5.60 Å². The lowest BCUT2D eigenvalue weighted by Crippen LogP contribution is -2.58. The molecule has 1 N–H and O–H groups in total. The van der Waals surface area contributed by atoms with E-state index in [-0.39, 0.29) is 10.8 Å². The Kier molecular flexibility index (Phi) is 2.86. The number of hydrogen-bond donors (Lipinski definition) is 1. The van der Waals surface area contributed by atoms with E-state index < -0.39 is 5.60 Å². The van der Waals surface area contributed by atoms with Gasteiger partial charge in [0, 0.05) is 0 Å². The molecule has 1 heteroatoms. The van der Waals surface area contributed by atoms with Gasteiger partial charge < -0.3 is 5.11 Å². The van der Waals surface area contributed by atoms with Gasteiger partial charge in [-0.25, -0.2) is 0 Å². The van der Waals surface area contributed by atoms with Gasteiger partial charge in [-0.05, 0) is 54.8 Å². The molecule has 3 atom stereocenters. The first-order chi connectivity index (χ1) is 8.42. The predicted molar refractivity (Wildman–Crippen MR) is 75.4 cm³/mol. The second-order valence-electron chi connectivity index (χ2n) is 8.18. The molecule has 0 spiro atoms. The van der Waals surface area contributed by atoms with Crippen molar-refractivity contribution in [1.29, 1.82) is 0 Å². The predicted octanol–water partition coefficient (Wildman–Crippen LogP) is 4.53. The lowest BCUT2D eigenvalue weighted by atomic mass is 9.54. The quantitative estimate of drug-likeness (QED) is 0.678. The second-order valence-corrected chi connectivity index (χ2v) is 8.18. The van der Waals surface area contributed by atoms with Crippen LogP contribution in [0.1, 0.15) is 78.6 Å². The van der Waals surface area contributed by atoms with Gasteiger partial charge in [0.25, 0.3) is 0 Å². The van der Waals surface area contributed by atoms with E-state index in [0.717, 1.165) is 5.92 Å². The summed E-state index contributed by atoms with van der Waals surface area (Å²) in [5.74, 6) is 1.32. The van der Waals surface area contributed by atoms with Crippen molar-refractivity contribution >= 4 is 0 Å². The molecule has 3 rings (SSSR count). The second kappa shape index (κ2) is 3.98. The molecular formula is C17H30O. The molecule has 3 fully saturated rings. The summed E-state index contributed by atoms with van der Waals surface area (Å²) in [5.41, 5.74) is -0.0571. The van der Waals surface area contributed by atoms with Crippen molar-refractivity contribution in [2.24, 2.45) is 22.7 Å². The highest BCUT2D eigenvalue weighted by Crippen LogP contribution is 2.71. The van der Waals surface area contributed by atoms with Crippen LogP contribution in [0.4, 0.5) is 0 Å². The third-order valence-electron chi connectivity index (χ3n) is 7.11. The Morgan fingerprint density at radius 1 is 0.833 bits per heavy atom. The molecule has 0 aromatic carbocycles. The summed E-state index contributed by atoms with van der Waals surface area (Å²) in [6.07, 6.45) is 11.8. The number of hydrogen-bond acceptors (Lipinski definition) is 1. The normalized spacial score (nSPS) is 48.3. The molecule has 18 heavy (non-hydrogen) atoms. The van der Waals surface area contributed by atoms with E-state index in [4.69, 9.17) is 0 Å². The molecule has 3 aliphatic rings. The Morgan fingerprint density at radius 2 is 1.44 bits per heavy atom. The highest BCUT2D eigenvalue weighted by Gasteiger charge is 2.70. The topological polar surface area (TPSA) is 20.2 Å². The molecule has 1 nitrogen and oxygen atoms in total. The molecule has 0 aromatic rings. The fourth-order valence-electron chi connectivity index (χ4n) is 6.01. The summed E-state index contributed by atoms with van der Waals surface area (Å²) in [6.45, 7) is 7.09. The zero-order valence-corrected chi connectivity index (χ0v) is 12.5. The molecule has 3 unspecified atom stereocenters. The van der Waals surface area contributed by atoms with Crippen LogP contribution in [-0.4, -0.2) is 10.7 Å². The molecule has 0 aromatic heterocycles. The van der Waals surface area contributed by atoms with Crippen LogP contribution in [0.3, 0.4) is 0 Å². The number of fused-ring (bicyclic) bond motifs is 2. The first-order valence-electron chi connectivity index (χ1n) is 8.14. The minimum atomic E-state index is -0.396. The standard InChI is InChI=1S/C17H30O/c1-15(2)14-10-11-16(3,12-14)17(15,18)13-8-6-4-5-7-9-13/h13-14,18H,4-12H2,1-3H3. The first-order valence-corrected chi connectivity index (χ1v) is 8.14. The highest BCUT2D eigenvalue weighted by molar-refractivity contribution is 5.20.